The molecule has 3 heteroatoms. The topological polar surface area (TPSA) is 49.3 Å². The predicted octanol–water partition coefficient (Wildman–Crippen LogP) is 2.17. The van der Waals surface area contributed by atoms with Crippen LogP contribution in [0.3, 0.4) is 0 Å². The van der Waals surface area contributed by atoms with Crippen LogP contribution in [0.4, 0.5) is 0 Å². The van der Waals surface area contributed by atoms with E-state index in [-0.39, 0.29) is 0 Å². The molecular weight excluding hydrogens is 214 g/mol. The van der Waals surface area contributed by atoms with Gasteiger partial charge in [0.1, 0.15) is 6.04 Å². The van der Waals surface area contributed by atoms with Crippen molar-refractivity contribution < 1.29 is 9.90 Å². The standard InChI is InChI=1S/C14H19NO2/c1-10(14(16)17)15-9-12-7-4-6-11-5-2-3-8-13(11)12/h2-3,5,8,10,12,15H,4,6-7,9H2,1H3,(H,16,17). The van der Waals surface area contributed by atoms with Gasteiger partial charge in [0.15, 0.2) is 0 Å². The summed E-state index contributed by atoms with van der Waals surface area (Å²) in [7, 11) is 0. The van der Waals surface area contributed by atoms with Crippen molar-refractivity contribution in [3.63, 3.8) is 0 Å². The van der Waals surface area contributed by atoms with Crippen molar-refractivity contribution >= 4 is 5.97 Å². The second kappa shape index (κ2) is 5.32. The number of aliphatic carboxylic acids is 1. The van der Waals surface area contributed by atoms with Crippen LogP contribution in [0.5, 0.6) is 0 Å². The van der Waals surface area contributed by atoms with E-state index in [0.29, 0.717) is 5.92 Å². The van der Waals surface area contributed by atoms with E-state index in [1.807, 2.05) is 0 Å². The molecule has 1 aromatic carbocycles. The molecule has 0 aromatic heterocycles. The lowest BCUT2D eigenvalue weighted by atomic mass is 9.83. The first-order chi connectivity index (χ1) is 8.18. The molecule has 3 nitrogen and oxygen atoms in total. The summed E-state index contributed by atoms with van der Waals surface area (Å²) in [6.45, 7) is 2.45. The van der Waals surface area contributed by atoms with E-state index >= 15 is 0 Å². The molecule has 2 N–H and O–H groups in total. The maximum absolute atomic E-state index is 10.8. The summed E-state index contributed by atoms with van der Waals surface area (Å²) in [5.74, 6) is -0.323. The monoisotopic (exact) mass is 233 g/mol. The van der Waals surface area contributed by atoms with E-state index in [4.69, 9.17) is 5.11 Å². The zero-order chi connectivity index (χ0) is 12.3. The van der Waals surface area contributed by atoms with E-state index in [0.717, 1.165) is 19.4 Å². The third-order valence-electron chi connectivity index (χ3n) is 3.53. The highest BCUT2D eigenvalue weighted by Crippen LogP contribution is 2.30. The van der Waals surface area contributed by atoms with Crippen LogP contribution < -0.4 is 5.32 Å². The molecule has 0 saturated carbocycles. The van der Waals surface area contributed by atoms with Gasteiger partial charge >= 0.3 is 5.97 Å². The second-order valence-electron chi connectivity index (χ2n) is 4.76. The quantitative estimate of drug-likeness (QED) is 0.838. The molecule has 17 heavy (non-hydrogen) atoms. The summed E-state index contributed by atoms with van der Waals surface area (Å²) >= 11 is 0. The van der Waals surface area contributed by atoms with Crippen molar-refractivity contribution in [3.05, 3.63) is 35.4 Å². The Morgan fingerprint density at radius 1 is 1.53 bits per heavy atom. The summed E-state index contributed by atoms with van der Waals surface area (Å²) in [5, 5.41) is 11.9. The molecule has 0 fully saturated rings. The summed E-state index contributed by atoms with van der Waals surface area (Å²) in [5.41, 5.74) is 2.82. The number of carboxylic acids is 1. The molecule has 0 spiro atoms. The maximum Gasteiger partial charge on any atom is 0.320 e. The van der Waals surface area contributed by atoms with Crippen LogP contribution >= 0.6 is 0 Å². The predicted molar refractivity (Wildman–Crippen MR) is 67.2 cm³/mol. The zero-order valence-electron chi connectivity index (χ0n) is 10.1. The van der Waals surface area contributed by atoms with Gasteiger partial charge in [-0.2, -0.15) is 0 Å². The van der Waals surface area contributed by atoms with Gasteiger partial charge in [0.05, 0.1) is 0 Å². The van der Waals surface area contributed by atoms with E-state index in [9.17, 15) is 4.79 Å². The molecule has 1 aliphatic carbocycles. The molecule has 92 valence electrons. The number of nitrogens with one attached hydrogen (secondary N) is 1. The smallest absolute Gasteiger partial charge is 0.320 e. The van der Waals surface area contributed by atoms with Crippen LogP contribution in [0, 0.1) is 0 Å². The van der Waals surface area contributed by atoms with Crippen LogP contribution in [0.15, 0.2) is 24.3 Å². The van der Waals surface area contributed by atoms with Crippen molar-refractivity contribution in [2.24, 2.45) is 0 Å². The maximum atomic E-state index is 10.8. The number of hydrogen-bond acceptors (Lipinski definition) is 2. The van der Waals surface area contributed by atoms with Gasteiger partial charge < -0.3 is 10.4 Å². The summed E-state index contributed by atoms with van der Waals surface area (Å²) in [6, 6.07) is 8.03. The largest absolute Gasteiger partial charge is 0.480 e. The number of carbonyl (C=O) groups is 1. The molecule has 0 radical (unpaired) electrons. The fourth-order valence-corrected chi connectivity index (χ4v) is 2.47. The van der Waals surface area contributed by atoms with Gasteiger partial charge in [-0.3, -0.25) is 4.79 Å². The highest BCUT2D eigenvalue weighted by Gasteiger charge is 2.21. The van der Waals surface area contributed by atoms with Crippen LogP contribution in [-0.4, -0.2) is 23.7 Å². The average molecular weight is 233 g/mol. The van der Waals surface area contributed by atoms with Crippen LogP contribution in [-0.2, 0) is 11.2 Å². The minimum Gasteiger partial charge on any atom is -0.480 e. The highest BCUT2D eigenvalue weighted by molar-refractivity contribution is 5.72. The minimum absolute atomic E-state index is 0.460. The summed E-state index contributed by atoms with van der Waals surface area (Å²) < 4.78 is 0. The summed E-state index contributed by atoms with van der Waals surface area (Å²) in [6.07, 6.45) is 3.50. The van der Waals surface area contributed by atoms with E-state index < -0.39 is 12.0 Å². The number of rotatable bonds is 4. The average Bonchev–Trinajstić information content (AvgIpc) is 2.35. The molecule has 0 bridgehead atoms. The SMILES string of the molecule is CC(NCC1CCCc2ccccc21)C(=O)O. The summed E-state index contributed by atoms with van der Waals surface area (Å²) in [4.78, 5) is 10.8. The third-order valence-corrected chi connectivity index (χ3v) is 3.53. The van der Waals surface area contributed by atoms with Gasteiger partial charge in [-0.15, -0.1) is 0 Å². The van der Waals surface area contributed by atoms with Crippen molar-refractivity contribution in [3.8, 4) is 0 Å². The Morgan fingerprint density at radius 3 is 3.06 bits per heavy atom. The molecule has 1 aromatic rings. The van der Waals surface area contributed by atoms with Gasteiger partial charge in [0.25, 0.3) is 0 Å². The van der Waals surface area contributed by atoms with Crippen molar-refractivity contribution in [2.45, 2.75) is 38.1 Å². The lowest BCUT2D eigenvalue weighted by Gasteiger charge is -2.26. The first-order valence-corrected chi connectivity index (χ1v) is 6.22. The normalized spacial score (nSPS) is 20.6. The van der Waals surface area contributed by atoms with Gasteiger partial charge in [0, 0.05) is 6.54 Å². The van der Waals surface area contributed by atoms with E-state index in [2.05, 4.69) is 29.6 Å². The van der Waals surface area contributed by atoms with Crippen LogP contribution in [0.2, 0.25) is 0 Å². The molecule has 0 saturated heterocycles. The Hall–Kier alpha value is -1.35. The van der Waals surface area contributed by atoms with Crippen molar-refractivity contribution in [2.75, 3.05) is 6.54 Å². The fraction of sp³-hybridized carbons (Fsp3) is 0.500. The van der Waals surface area contributed by atoms with E-state index in [1.54, 1.807) is 6.92 Å². The molecule has 1 aliphatic rings. The van der Waals surface area contributed by atoms with Crippen molar-refractivity contribution in [1.29, 1.82) is 0 Å². The number of fused-ring (bicyclic) bond motifs is 1. The molecule has 2 unspecified atom stereocenters. The molecule has 0 aliphatic heterocycles. The molecule has 2 atom stereocenters. The minimum atomic E-state index is -0.783. The Balaban J connectivity index is 2.01. The van der Waals surface area contributed by atoms with Gasteiger partial charge in [-0.25, -0.2) is 0 Å². The molecule has 0 heterocycles. The van der Waals surface area contributed by atoms with Crippen LogP contribution in [0.25, 0.3) is 0 Å². The van der Waals surface area contributed by atoms with Gasteiger partial charge in [-0.05, 0) is 43.2 Å². The Morgan fingerprint density at radius 2 is 2.29 bits per heavy atom. The molecule has 2 rings (SSSR count). The lowest BCUT2D eigenvalue weighted by molar-refractivity contribution is -0.139. The van der Waals surface area contributed by atoms with Gasteiger partial charge in [-0.1, -0.05) is 24.3 Å². The van der Waals surface area contributed by atoms with E-state index in [1.165, 1.54) is 17.5 Å². The number of aryl methyl sites for hydroxylation is 1. The fourth-order valence-electron chi connectivity index (χ4n) is 2.47. The first kappa shape index (κ1) is 12.1. The number of hydrogen-bond donors (Lipinski definition) is 2. The second-order valence-corrected chi connectivity index (χ2v) is 4.76. The molecule has 0 amide bonds. The Labute approximate surface area is 102 Å². The molecular formula is C14H19NO2. The van der Waals surface area contributed by atoms with Crippen molar-refractivity contribution in [1.82, 2.24) is 5.32 Å². The van der Waals surface area contributed by atoms with Gasteiger partial charge in [0.2, 0.25) is 0 Å². The zero-order valence-corrected chi connectivity index (χ0v) is 10.1. The Kier molecular flexibility index (Phi) is 3.79. The number of carboxylic acid groups (broad SMARTS) is 1. The number of benzene rings is 1. The third kappa shape index (κ3) is 2.86. The highest BCUT2D eigenvalue weighted by atomic mass is 16.4. The van der Waals surface area contributed by atoms with Crippen LogP contribution in [0.1, 0.15) is 36.8 Å². The first-order valence-electron chi connectivity index (χ1n) is 6.22. The lowest BCUT2D eigenvalue weighted by Crippen LogP contribution is -2.37. The Bertz CT molecular complexity index is 403.